The van der Waals surface area contributed by atoms with Gasteiger partial charge in [0.2, 0.25) is 0 Å². The molecule has 0 spiro atoms. The lowest BCUT2D eigenvalue weighted by molar-refractivity contribution is 0.152. The quantitative estimate of drug-likeness (QED) is 0.838. The Morgan fingerprint density at radius 3 is 2.42 bits per heavy atom. The summed E-state index contributed by atoms with van der Waals surface area (Å²) in [5.41, 5.74) is 0.858. The van der Waals surface area contributed by atoms with Gasteiger partial charge in [-0.1, -0.05) is 0 Å². The number of rotatable bonds is 6. The Labute approximate surface area is 110 Å². The van der Waals surface area contributed by atoms with Crippen LogP contribution in [0.1, 0.15) is 24.2 Å². The minimum Gasteiger partial charge on any atom is -0.395 e. The van der Waals surface area contributed by atoms with Gasteiger partial charge in [-0.3, -0.25) is 0 Å². The first-order valence-electron chi connectivity index (χ1n) is 5.98. The van der Waals surface area contributed by atoms with Gasteiger partial charge in [-0.2, -0.15) is 0 Å². The Bertz CT molecular complexity index is 425. The number of alkyl halides is 2. The van der Waals surface area contributed by atoms with E-state index in [0.717, 1.165) is 6.07 Å². The third kappa shape index (κ3) is 4.11. The van der Waals surface area contributed by atoms with Crippen LogP contribution in [0, 0.1) is 12.7 Å². The number of hydrogen-bond acceptors (Lipinski definition) is 3. The first-order chi connectivity index (χ1) is 8.86. The van der Waals surface area contributed by atoms with Gasteiger partial charge in [0.05, 0.1) is 19.3 Å². The normalized spacial score (nSPS) is 12.8. The molecule has 2 N–H and O–H groups in total. The molecular formula is C13H18F3NO2. The Morgan fingerprint density at radius 1 is 1.32 bits per heavy atom. The van der Waals surface area contributed by atoms with E-state index in [1.807, 2.05) is 0 Å². The van der Waals surface area contributed by atoms with E-state index in [1.165, 1.54) is 24.8 Å². The highest BCUT2D eigenvalue weighted by molar-refractivity contribution is 5.57. The molecule has 0 fully saturated rings. The molecule has 0 heterocycles. The van der Waals surface area contributed by atoms with E-state index in [-0.39, 0.29) is 18.7 Å². The second kappa shape index (κ2) is 6.77. The predicted molar refractivity (Wildman–Crippen MR) is 67.1 cm³/mol. The van der Waals surface area contributed by atoms with Crippen LogP contribution < -0.4 is 4.90 Å². The average Bonchev–Trinajstić information content (AvgIpc) is 2.30. The van der Waals surface area contributed by atoms with Crippen molar-refractivity contribution in [3.05, 3.63) is 29.1 Å². The second-order valence-corrected chi connectivity index (χ2v) is 4.40. The first kappa shape index (κ1) is 15.8. The maximum Gasteiger partial charge on any atom is 0.255 e. The molecule has 0 radical (unpaired) electrons. The Balaban J connectivity index is 3.22. The average molecular weight is 277 g/mol. The molecule has 0 aliphatic heterocycles. The van der Waals surface area contributed by atoms with Gasteiger partial charge in [0.15, 0.2) is 0 Å². The summed E-state index contributed by atoms with van der Waals surface area (Å²) < 4.78 is 38.6. The van der Waals surface area contributed by atoms with Gasteiger partial charge in [0.1, 0.15) is 5.82 Å². The van der Waals surface area contributed by atoms with Crippen LogP contribution in [0.25, 0.3) is 0 Å². The molecule has 0 unspecified atom stereocenters. The molecule has 1 aromatic carbocycles. The fraction of sp³-hybridized carbons (Fsp3) is 0.538. The topological polar surface area (TPSA) is 43.7 Å². The molecule has 0 aliphatic rings. The SMILES string of the molecule is Cc1cc(N(CCO)CC(F)F)c([C@@H](C)O)cc1F. The fourth-order valence-corrected chi connectivity index (χ4v) is 1.89. The lowest BCUT2D eigenvalue weighted by atomic mass is 10.0. The number of aryl methyl sites for hydroxylation is 1. The second-order valence-electron chi connectivity index (χ2n) is 4.40. The molecule has 108 valence electrons. The molecule has 0 bridgehead atoms. The van der Waals surface area contributed by atoms with Crippen molar-refractivity contribution in [2.75, 3.05) is 24.6 Å². The van der Waals surface area contributed by atoms with Crippen LogP contribution in [0.4, 0.5) is 18.9 Å². The molecule has 0 amide bonds. The molecular weight excluding hydrogens is 259 g/mol. The van der Waals surface area contributed by atoms with Crippen LogP contribution in [0.5, 0.6) is 0 Å². The minimum atomic E-state index is -2.58. The third-order valence-electron chi connectivity index (χ3n) is 2.83. The van der Waals surface area contributed by atoms with E-state index in [0.29, 0.717) is 11.3 Å². The third-order valence-corrected chi connectivity index (χ3v) is 2.83. The van der Waals surface area contributed by atoms with Gasteiger partial charge < -0.3 is 15.1 Å². The summed E-state index contributed by atoms with van der Waals surface area (Å²) in [6.45, 7) is 2.07. The number of aliphatic hydroxyl groups is 2. The summed E-state index contributed by atoms with van der Waals surface area (Å²) in [5, 5.41) is 18.6. The fourth-order valence-electron chi connectivity index (χ4n) is 1.89. The smallest absolute Gasteiger partial charge is 0.255 e. The van der Waals surface area contributed by atoms with Crippen molar-refractivity contribution in [2.45, 2.75) is 26.4 Å². The highest BCUT2D eigenvalue weighted by atomic mass is 19.3. The molecule has 19 heavy (non-hydrogen) atoms. The van der Waals surface area contributed by atoms with Crippen LogP contribution in [0.3, 0.4) is 0 Å². The number of anilines is 1. The Morgan fingerprint density at radius 2 is 1.95 bits per heavy atom. The van der Waals surface area contributed by atoms with Gasteiger partial charge >= 0.3 is 0 Å². The zero-order chi connectivity index (χ0) is 14.6. The number of halogens is 3. The summed E-state index contributed by atoms with van der Waals surface area (Å²) in [6, 6.07) is 2.56. The maximum atomic E-state index is 13.5. The molecule has 1 aromatic rings. The van der Waals surface area contributed by atoms with Crippen molar-refractivity contribution < 1.29 is 23.4 Å². The molecule has 0 aliphatic carbocycles. The number of aliphatic hydroxyl groups excluding tert-OH is 2. The first-order valence-corrected chi connectivity index (χ1v) is 5.98. The number of nitrogens with zero attached hydrogens (tertiary/aromatic N) is 1. The Kier molecular flexibility index (Phi) is 5.62. The van der Waals surface area contributed by atoms with Crippen molar-refractivity contribution in [3.8, 4) is 0 Å². The zero-order valence-corrected chi connectivity index (χ0v) is 10.9. The van der Waals surface area contributed by atoms with Gasteiger partial charge in [-0.15, -0.1) is 0 Å². The number of benzene rings is 1. The van der Waals surface area contributed by atoms with E-state index < -0.39 is 24.9 Å². The highest BCUT2D eigenvalue weighted by Gasteiger charge is 2.19. The summed E-state index contributed by atoms with van der Waals surface area (Å²) in [4.78, 5) is 1.25. The molecule has 3 nitrogen and oxygen atoms in total. The predicted octanol–water partition coefficient (Wildman–Crippen LogP) is 2.25. The number of hydrogen-bond donors (Lipinski definition) is 2. The van der Waals surface area contributed by atoms with Crippen LogP contribution >= 0.6 is 0 Å². The summed E-state index contributed by atoms with van der Waals surface area (Å²) in [7, 11) is 0. The molecule has 1 rings (SSSR count). The molecule has 6 heteroatoms. The van der Waals surface area contributed by atoms with E-state index in [4.69, 9.17) is 5.11 Å². The van der Waals surface area contributed by atoms with E-state index in [9.17, 15) is 18.3 Å². The zero-order valence-electron chi connectivity index (χ0n) is 10.9. The molecule has 0 saturated heterocycles. The largest absolute Gasteiger partial charge is 0.395 e. The van der Waals surface area contributed by atoms with Gasteiger partial charge in [0.25, 0.3) is 6.43 Å². The molecule has 0 aromatic heterocycles. The highest BCUT2D eigenvalue weighted by Crippen LogP contribution is 2.29. The van der Waals surface area contributed by atoms with Gasteiger partial charge in [-0.25, -0.2) is 13.2 Å². The molecule has 1 atom stereocenters. The lowest BCUT2D eigenvalue weighted by Crippen LogP contribution is -2.32. The van der Waals surface area contributed by atoms with Crippen LogP contribution in [-0.4, -0.2) is 36.3 Å². The Hall–Kier alpha value is -1.27. The van der Waals surface area contributed by atoms with Crippen molar-refractivity contribution in [3.63, 3.8) is 0 Å². The standard InChI is InChI=1S/C13H18F3NO2/c1-8-5-12(10(9(2)19)6-11(8)14)17(3-4-18)7-13(15)16/h5-6,9,13,18-19H,3-4,7H2,1-2H3/t9-/m1/s1. The van der Waals surface area contributed by atoms with Crippen LogP contribution in [0.2, 0.25) is 0 Å². The van der Waals surface area contributed by atoms with Crippen molar-refractivity contribution in [2.24, 2.45) is 0 Å². The van der Waals surface area contributed by atoms with Gasteiger partial charge in [-0.05, 0) is 31.5 Å². The van der Waals surface area contributed by atoms with Gasteiger partial charge in [0, 0.05) is 17.8 Å². The summed E-state index contributed by atoms with van der Waals surface area (Å²) in [6.07, 6.45) is -3.57. The van der Waals surface area contributed by atoms with Crippen molar-refractivity contribution in [1.29, 1.82) is 0 Å². The van der Waals surface area contributed by atoms with E-state index in [2.05, 4.69) is 0 Å². The summed E-state index contributed by atoms with van der Waals surface area (Å²) >= 11 is 0. The van der Waals surface area contributed by atoms with Crippen LogP contribution in [-0.2, 0) is 0 Å². The minimum absolute atomic E-state index is 0.00483. The van der Waals surface area contributed by atoms with Crippen LogP contribution in [0.15, 0.2) is 12.1 Å². The van der Waals surface area contributed by atoms with E-state index in [1.54, 1.807) is 0 Å². The van der Waals surface area contributed by atoms with E-state index >= 15 is 0 Å². The van der Waals surface area contributed by atoms with Crippen molar-refractivity contribution in [1.82, 2.24) is 0 Å². The van der Waals surface area contributed by atoms with Crippen molar-refractivity contribution >= 4 is 5.69 Å². The maximum absolute atomic E-state index is 13.5. The summed E-state index contributed by atoms with van der Waals surface area (Å²) in [5.74, 6) is -0.499. The molecule has 0 saturated carbocycles. The monoisotopic (exact) mass is 277 g/mol. The lowest BCUT2D eigenvalue weighted by Gasteiger charge is -2.27.